The van der Waals surface area contributed by atoms with E-state index < -0.39 is 5.82 Å². The highest BCUT2D eigenvalue weighted by Crippen LogP contribution is 2.42. The van der Waals surface area contributed by atoms with Crippen LogP contribution in [0.25, 0.3) is 0 Å². The standard InChI is InChI=1S/C32H37FN2O8/c1-37-29-12-13-34-19-23-25(35(36)20-26(29)34)8-7-9-27(23)42-15-6-5-14-41-21-10-11-28(24(33)16-21)43-22-17-30(38-2)32(40-4)31(18-22)39-3/h8,10-13,16-18,20,23,27H,5-7,9,14-15,19H2,1-4H3/t23-,27?/m0/s1. The van der Waals surface area contributed by atoms with Crippen molar-refractivity contribution in [2.24, 2.45) is 5.92 Å². The third-order valence-corrected chi connectivity index (χ3v) is 7.62. The molecule has 2 heterocycles. The predicted molar refractivity (Wildman–Crippen MR) is 158 cm³/mol. The molecule has 230 valence electrons. The highest BCUT2D eigenvalue weighted by atomic mass is 19.1. The lowest BCUT2D eigenvalue weighted by molar-refractivity contribution is -0.409. The van der Waals surface area contributed by atoms with E-state index in [1.54, 1.807) is 31.5 Å². The number of unbranched alkanes of at least 4 members (excludes halogenated alkanes) is 1. The molecule has 0 saturated carbocycles. The molecule has 1 aliphatic carbocycles. The molecule has 2 aliphatic rings. The topological polar surface area (TPSA) is 95.6 Å². The van der Waals surface area contributed by atoms with Crippen molar-refractivity contribution >= 4 is 6.21 Å². The number of rotatable bonds is 13. The minimum absolute atomic E-state index is 0.0363. The summed E-state index contributed by atoms with van der Waals surface area (Å²) in [6.07, 6.45) is 8.63. The van der Waals surface area contributed by atoms with Crippen molar-refractivity contribution < 1.29 is 42.3 Å². The zero-order valence-electron chi connectivity index (χ0n) is 24.8. The summed E-state index contributed by atoms with van der Waals surface area (Å²) in [6.45, 7) is 1.60. The van der Waals surface area contributed by atoms with Crippen molar-refractivity contribution in [1.29, 1.82) is 0 Å². The number of nitrogens with zero attached hydrogens (tertiary/aromatic N) is 2. The van der Waals surface area contributed by atoms with Gasteiger partial charge in [-0.05, 0) is 50.0 Å². The highest BCUT2D eigenvalue weighted by molar-refractivity contribution is 5.78. The molecule has 11 heteroatoms. The van der Waals surface area contributed by atoms with E-state index >= 15 is 0 Å². The van der Waals surface area contributed by atoms with Crippen LogP contribution in [0.1, 0.15) is 31.4 Å². The fourth-order valence-corrected chi connectivity index (χ4v) is 5.46. The lowest BCUT2D eigenvalue weighted by atomic mass is 9.89. The molecule has 0 amide bonds. The van der Waals surface area contributed by atoms with Gasteiger partial charge in [-0.25, -0.2) is 4.39 Å². The van der Waals surface area contributed by atoms with Crippen LogP contribution in [0.4, 0.5) is 4.39 Å². The first kappa shape index (κ1) is 30.1. The van der Waals surface area contributed by atoms with Gasteiger partial charge in [-0.15, -0.1) is 0 Å². The molecule has 1 aliphatic heterocycles. The number of hydroxylamine groups is 1. The van der Waals surface area contributed by atoms with E-state index in [0.29, 0.717) is 54.3 Å². The van der Waals surface area contributed by atoms with Gasteiger partial charge < -0.3 is 42.9 Å². The van der Waals surface area contributed by atoms with Crippen molar-refractivity contribution in [2.45, 2.75) is 38.3 Å². The number of hydrogen-bond donors (Lipinski definition) is 0. The first-order chi connectivity index (χ1) is 20.9. The van der Waals surface area contributed by atoms with E-state index in [1.165, 1.54) is 33.5 Å². The summed E-state index contributed by atoms with van der Waals surface area (Å²) in [5, 5.41) is 12.9. The maximum atomic E-state index is 14.8. The van der Waals surface area contributed by atoms with Gasteiger partial charge in [0.25, 0.3) is 0 Å². The van der Waals surface area contributed by atoms with Crippen molar-refractivity contribution in [3.05, 3.63) is 71.1 Å². The Hall–Kier alpha value is -4.38. The molecular weight excluding hydrogens is 559 g/mol. The fourth-order valence-electron chi connectivity index (χ4n) is 5.46. The third-order valence-electron chi connectivity index (χ3n) is 7.62. The number of halogens is 1. The van der Waals surface area contributed by atoms with Crippen molar-refractivity contribution in [1.82, 2.24) is 4.57 Å². The molecule has 5 rings (SSSR count). The summed E-state index contributed by atoms with van der Waals surface area (Å²) in [4.78, 5) is 0. The van der Waals surface area contributed by atoms with Gasteiger partial charge in [0.15, 0.2) is 28.8 Å². The Morgan fingerprint density at radius 1 is 0.884 bits per heavy atom. The summed E-state index contributed by atoms with van der Waals surface area (Å²) in [5.74, 6) is 2.07. The molecule has 2 aromatic carbocycles. The molecule has 0 spiro atoms. The SMILES string of the molecule is COc1cc(Oc2ccc(OCCCCOC3CCC=C4[C@@H]3Cn3ccc(OC)c3C=[N+]4[O-])cc2F)cc(OC)c1OC. The molecular formula is C32H37FN2O8. The van der Waals surface area contributed by atoms with Gasteiger partial charge in [-0.1, -0.05) is 0 Å². The van der Waals surface area contributed by atoms with Crippen molar-refractivity contribution in [3.8, 4) is 40.2 Å². The second-order valence-corrected chi connectivity index (χ2v) is 10.2. The number of fused-ring (bicyclic) bond motifs is 2. The molecule has 2 atom stereocenters. The summed E-state index contributed by atoms with van der Waals surface area (Å²) in [6, 6.07) is 9.53. The summed E-state index contributed by atoms with van der Waals surface area (Å²) in [5.41, 5.74) is 1.51. The van der Waals surface area contributed by atoms with E-state index in [4.69, 9.17) is 33.2 Å². The zero-order valence-corrected chi connectivity index (χ0v) is 24.8. The summed E-state index contributed by atoms with van der Waals surface area (Å²) in [7, 11) is 6.10. The molecule has 1 aromatic heterocycles. The van der Waals surface area contributed by atoms with Gasteiger partial charge >= 0.3 is 0 Å². The van der Waals surface area contributed by atoms with Crippen LogP contribution in [0.5, 0.6) is 40.2 Å². The second-order valence-electron chi connectivity index (χ2n) is 10.2. The van der Waals surface area contributed by atoms with Gasteiger partial charge in [-0.3, -0.25) is 0 Å². The molecule has 0 saturated heterocycles. The van der Waals surface area contributed by atoms with Gasteiger partial charge in [0, 0.05) is 37.5 Å². The number of allylic oxidation sites excluding steroid dienone is 1. The number of benzene rings is 2. The fraction of sp³-hybridized carbons (Fsp3) is 0.406. The van der Waals surface area contributed by atoms with Crippen LogP contribution in [-0.4, -0.2) is 63.3 Å². The lowest BCUT2D eigenvalue weighted by Gasteiger charge is -2.29. The molecule has 0 radical (unpaired) electrons. The maximum Gasteiger partial charge on any atom is 0.208 e. The van der Waals surface area contributed by atoms with Crippen LogP contribution in [0.3, 0.4) is 0 Å². The van der Waals surface area contributed by atoms with Crippen LogP contribution in [0, 0.1) is 16.9 Å². The van der Waals surface area contributed by atoms with Crippen LogP contribution < -0.4 is 28.4 Å². The third kappa shape index (κ3) is 6.67. The maximum absolute atomic E-state index is 14.8. The predicted octanol–water partition coefficient (Wildman–Crippen LogP) is 5.94. The molecule has 0 bridgehead atoms. The molecule has 3 aromatic rings. The number of methoxy groups -OCH3 is 4. The lowest BCUT2D eigenvalue weighted by Crippen LogP contribution is -2.34. The van der Waals surface area contributed by atoms with E-state index in [-0.39, 0.29) is 17.8 Å². The van der Waals surface area contributed by atoms with Crippen LogP contribution in [-0.2, 0) is 11.3 Å². The summed E-state index contributed by atoms with van der Waals surface area (Å²) >= 11 is 0. The molecule has 10 nitrogen and oxygen atoms in total. The normalized spacial score (nSPS) is 17.5. The highest BCUT2D eigenvalue weighted by Gasteiger charge is 2.37. The average Bonchev–Trinajstić information content (AvgIpc) is 3.33. The van der Waals surface area contributed by atoms with Gasteiger partial charge in [0.1, 0.15) is 22.9 Å². The molecule has 43 heavy (non-hydrogen) atoms. The van der Waals surface area contributed by atoms with Gasteiger partial charge in [0.05, 0.1) is 47.1 Å². The average molecular weight is 597 g/mol. The summed E-state index contributed by atoms with van der Waals surface area (Å²) < 4.78 is 57.0. The van der Waals surface area contributed by atoms with Gasteiger partial charge in [-0.2, -0.15) is 4.74 Å². The first-order valence-corrected chi connectivity index (χ1v) is 14.2. The minimum Gasteiger partial charge on any atom is -0.618 e. The minimum atomic E-state index is -0.563. The van der Waals surface area contributed by atoms with E-state index in [2.05, 4.69) is 0 Å². The molecule has 0 fully saturated rings. The molecule has 0 N–H and O–H groups in total. The monoisotopic (exact) mass is 596 g/mol. The Kier molecular flexibility index (Phi) is 9.61. The van der Waals surface area contributed by atoms with Crippen molar-refractivity contribution in [3.63, 3.8) is 0 Å². The first-order valence-electron chi connectivity index (χ1n) is 14.2. The number of ether oxygens (including phenoxy) is 7. The Labute approximate surface area is 250 Å². The molecule has 1 unspecified atom stereocenters. The van der Waals surface area contributed by atoms with Crippen molar-refractivity contribution in [2.75, 3.05) is 41.7 Å². The van der Waals surface area contributed by atoms with Gasteiger partial charge in [0.2, 0.25) is 12.0 Å². The zero-order chi connectivity index (χ0) is 30.3. The van der Waals surface area contributed by atoms with Crippen LogP contribution in [0.2, 0.25) is 0 Å². The van der Waals surface area contributed by atoms with E-state index in [0.717, 1.165) is 41.8 Å². The Morgan fingerprint density at radius 2 is 1.63 bits per heavy atom. The Bertz CT molecular complexity index is 1460. The smallest absolute Gasteiger partial charge is 0.208 e. The van der Waals surface area contributed by atoms with E-state index in [9.17, 15) is 9.60 Å². The largest absolute Gasteiger partial charge is 0.618 e. The Morgan fingerprint density at radius 3 is 2.33 bits per heavy atom. The Balaban J connectivity index is 1.10. The van der Waals surface area contributed by atoms with E-state index in [1.807, 2.05) is 22.9 Å². The number of hydrogen-bond acceptors (Lipinski definition) is 8. The quantitative estimate of drug-likeness (QED) is 0.136. The van der Waals surface area contributed by atoms with Crippen LogP contribution >= 0.6 is 0 Å². The second kappa shape index (κ2) is 13.7. The number of aromatic nitrogens is 1. The van der Waals surface area contributed by atoms with Crippen LogP contribution in [0.15, 0.2) is 54.4 Å².